The Kier molecular flexibility index (Phi) is 5.34. The normalized spacial score (nSPS) is 15.9. The third kappa shape index (κ3) is 4.16. The summed E-state index contributed by atoms with van der Waals surface area (Å²) in [4.78, 5) is 16.0. The van der Waals surface area contributed by atoms with Crippen LogP contribution in [0.25, 0.3) is 0 Å². The highest BCUT2D eigenvalue weighted by Gasteiger charge is 2.41. The second-order valence-electron chi connectivity index (χ2n) is 5.42. The summed E-state index contributed by atoms with van der Waals surface area (Å²) in [7, 11) is 0. The standard InChI is InChI=1S/C14H24N4OS/c1-3-18-9-8-15-12(18)10-17-13(19)16-7-6-14(4-5-14)11-20-2/h8-9H,3-7,10-11H2,1-2H3,(H2,16,17,19). The number of carbonyl (C=O) groups is 1. The molecule has 5 nitrogen and oxygen atoms in total. The highest BCUT2D eigenvalue weighted by atomic mass is 32.2. The van der Waals surface area contributed by atoms with E-state index in [1.54, 1.807) is 6.20 Å². The van der Waals surface area contributed by atoms with Crippen LogP contribution in [0.5, 0.6) is 0 Å². The van der Waals surface area contributed by atoms with Crippen molar-refractivity contribution in [1.29, 1.82) is 0 Å². The lowest BCUT2D eigenvalue weighted by molar-refractivity contribution is 0.239. The van der Waals surface area contributed by atoms with Crippen LogP contribution in [0.1, 0.15) is 32.0 Å². The van der Waals surface area contributed by atoms with E-state index in [1.807, 2.05) is 22.5 Å². The summed E-state index contributed by atoms with van der Waals surface area (Å²) in [5.41, 5.74) is 0.505. The zero-order chi connectivity index (χ0) is 14.4. The van der Waals surface area contributed by atoms with Gasteiger partial charge >= 0.3 is 6.03 Å². The molecule has 2 amide bonds. The van der Waals surface area contributed by atoms with E-state index in [0.717, 1.165) is 25.3 Å². The maximum absolute atomic E-state index is 11.7. The average molecular weight is 296 g/mol. The number of rotatable bonds is 8. The van der Waals surface area contributed by atoms with Gasteiger partial charge in [-0.05, 0) is 43.6 Å². The van der Waals surface area contributed by atoms with E-state index in [0.29, 0.717) is 12.0 Å². The van der Waals surface area contributed by atoms with Gasteiger partial charge in [0.1, 0.15) is 5.82 Å². The molecule has 6 heteroatoms. The Morgan fingerprint density at radius 2 is 2.30 bits per heavy atom. The van der Waals surface area contributed by atoms with Crippen molar-refractivity contribution < 1.29 is 4.79 Å². The van der Waals surface area contributed by atoms with Crippen LogP contribution in [-0.4, -0.2) is 34.1 Å². The van der Waals surface area contributed by atoms with Gasteiger partial charge in [0.15, 0.2) is 0 Å². The first-order valence-electron chi connectivity index (χ1n) is 7.20. The summed E-state index contributed by atoms with van der Waals surface area (Å²) in [5, 5.41) is 5.80. The molecular formula is C14H24N4OS. The summed E-state index contributed by atoms with van der Waals surface area (Å²) in [6.45, 7) is 4.17. The first-order valence-corrected chi connectivity index (χ1v) is 8.59. The lowest BCUT2D eigenvalue weighted by Gasteiger charge is -2.14. The topological polar surface area (TPSA) is 59.0 Å². The molecule has 0 saturated heterocycles. The molecular weight excluding hydrogens is 272 g/mol. The van der Waals surface area contributed by atoms with Gasteiger partial charge in [0.2, 0.25) is 0 Å². The van der Waals surface area contributed by atoms with Gasteiger partial charge in [0.25, 0.3) is 0 Å². The molecule has 0 atom stereocenters. The molecule has 0 spiro atoms. The molecule has 0 aromatic carbocycles. The van der Waals surface area contributed by atoms with Crippen LogP contribution in [0.4, 0.5) is 4.79 Å². The number of aryl methyl sites for hydroxylation is 1. The minimum absolute atomic E-state index is 0.101. The van der Waals surface area contributed by atoms with E-state index in [2.05, 4.69) is 28.8 Å². The third-order valence-corrected chi connectivity index (χ3v) is 4.80. The molecule has 1 aromatic rings. The summed E-state index contributed by atoms with van der Waals surface area (Å²) in [6.07, 6.45) is 9.54. The molecule has 0 radical (unpaired) electrons. The number of hydrogen-bond acceptors (Lipinski definition) is 3. The molecule has 0 aliphatic heterocycles. The Labute approximate surface area is 124 Å². The van der Waals surface area contributed by atoms with Crippen molar-refractivity contribution in [3.8, 4) is 0 Å². The number of hydrogen-bond donors (Lipinski definition) is 2. The van der Waals surface area contributed by atoms with Crippen LogP contribution in [0.15, 0.2) is 12.4 Å². The largest absolute Gasteiger partial charge is 0.338 e. The highest BCUT2D eigenvalue weighted by Crippen LogP contribution is 2.50. The smallest absolute Gasteiger partial charge is 0.315 e. The van der Waals surface area contributed by atoms with Gasteiger partial charge in [0, 0.05) is 25.5 Å². The Morgan fingerprint density at radius 3 is 2.95 bits per heavy atom. The number of nitrogens with one attached hydrogen (secondary N) is 2. The van der Waals surface area contributed by atoms with Gasteiger partial charge in [-0.15, -0.1) is 0 Å². The summed E-state index contributed by atoms with van der Waals surface area (Å²) in [6, 6.07) is -0.101. The number of imidazole rings is 1. The molecule has 1 saturated carbocycles. The molecule has 1 heterocycles. The van der Waals surface area contributed by atoms with E-state index in [1.165, 1.54) is 18.6 Å². The van der Waals surface area contributed by atoms with E-state index >= 15 is 0 Å². The van der Waals surface area contributed by atoms with Gasteiger partial charge in [-0.2, -0.15) is 11.8 Å². The van der Waals surface area contributed by atoms with E-state index in [-0.39, 0.29) is 6.03 Å². The summed E-state index contributed by atoms with van der Waals surface area (Å²) >= 11 is 1.90. The number of thioether (sulfide) groups is 1. The number of aromatic nitrogens is 2. The number of amides is 2. The molecule has 20 heavy (non-hydrogen) atoms. The predicted molar refractivity (Wildman–Crippen MR) is 82.8 cm³/mol. The van der Waals surface area contributed by atoms with E-state index in [9.17, 15) is 4.79 Å². The van der Waals surface area contributed by atoms with Crippen molar-refractivity contribution in [3.63, 3.8) is 0 Å². The van der Waals surface area contributed by atoms with Crippen LogP contribution in [0.2, 0.25) is 0 Å². The summed E-state index contributed by atoms with van der Waals surface area (Å²) < 4.78 is 2.03. The summed E-state index contributed by atoms with van der Waals surface area (Å²) in [5.74, 6) is 2.10. The highest BCUT2D eigenvalue weighted by molar-refractivity contribution is 7.98. The quantitative estimate of drug-likeness (QED) is 0.773. The minimum atomic E-state index is -0.101. The van der Waals surface area contributed by atoms with Crippen LogP contribution in [0, 0.1) is 5.41 Å². The fourth-order valence-electron chi connectivity index (χ4n) is 2.41. The van der Waals surface area contributed by atoms with E-state index in [4.69, 9.17) is 0 Å². The first-order chi connectivity index (χ1) is 9.69. The number of urea groups is 1. The molecule has 2 rings (SSSR count). The first kappa shape index (κ1) is 15.2. The maximum atomic E-state index is 11.7. The molecule has 1 aliphatic carbocycles. The zero-order valence-corrected chi connectivity index (χ0v) is 13.1. The van der Waals surface area contributed by atoms with Gasteiger partial charge in [-0.25, -0.2) is 9.78 Å². The van der Waals surface area contributed by atoms with Gasteiger partial charge < -0.3 is 15.2 Å². The second-order valence-corrected chi connectivity index (χ2v) is 6.29. The third-order valence-electron chi connectivity index (χ3n) is 3.90. The maximum Gasteiger partial charge on any atom is 0.315 e. The Hall–Kier alpha value is -1.17. The van der Waals surface area contributed by atoms with Crippen LogP contribution in [0.3, 0.4) is 0 Å². The SMILES string of the molecule is CCn1ccnc1CNC(=O)NCCC1(CSC)CC1. The fraction of sp³-hybridized carbons (Fsp3) is 0.714. The van der Waals surface area contributed by atoms with Crippen molar-refractivity contribution >= 4 is 17.8 Å². The lowest BCUT2D eigenvalue weighted by Crippen LogP contribution is -2.37. The molecule has 1 fully saturated rings. The molecule has 0 bridgehead atoms. The number of carbonyl (C=O) groups excluding carboxylic acids is 1. The molecule has 112 valence electrons. The molecule has 1 aromatic heterocycles. The minimum Gasteiger partial charge on any atom is -0.338 e. The molecule has 1 aliphatic rings. The van der Waals surface area contributed by atoms with Crippen molar-refractivity contribution in [2.24, 2.45) is 5.41 Å². The van der Waals surface area contributed by atoms with Crippen molar-refractivity contribution in [2.75, 3.05) is 18.6 Å². The Balaban J connectivity index is 1.63. The Morgan fingerprint density at radius 1 is 1.50 bits per heavy atom. The zero-order valence-electron chi connectivity index (χ0n) is 12.3. The fourth-order valence-corrected chi connectivity index (χ4v) is 3.45. The van der Waals surface area contributed by atoms with E-state index < -0.39 is 0 Å². The van der Waals surface area contributed by atoms with Gasteiger partial charge in [-0.3, -0.25) is 0 Å². The number of nitrogens with zero attached hydrogens (tertiary/aromatic N) is 2. The molecule has 2 N–H and O–H groups in total. The van der Waals surface area contributed by atoms with Crippen molar-refractivity contribution in [3.05, 3.63) is 18.2 Å². The lowest BCUT2D eigenvalue weighted by atomic mass is 10.1. The van der Waals surface area contributed by atoms with Crippen LogP contribution >= 0.6 is 11.8 Å². The molecule has 0 unspecified atom stereocenters. The van der Waals surface area contributed by atoms with Crippen LogP contribution < -0.4 is 10.6 Å². The van der Waals surface area contributed by atoms with Crippen molar-refractivity contribution in [2.45, 2.75) is 39.3 Å². The predicted octanol–water partition coefficient (Wildman–Crippen LogP) is 2.24. The monoisotopic (exact) mass is 296 g/mol. The van der Waals surface area contributed by atoms with Crippen molar-refractivity contribution in [1.82, 2.24) is 20.2 Å². The second kappa shape index (κ2) is 7.02. The van der Waals surface area contributed by atoms with Crippen LogP contribution in [-0.2, 0) is 13.1 Å². The average Bonchev–Trinajstić information content (AvgIpc) is 3.04. The van der Waals surface area contributed by atoms with Gasteiger partial charge in [0.05, 0.1) is 6.54 Å². The Bertz CT molecular complexity index is 442. The van der Waals surface area contributed by atoms with Gasteiger partial charge in [-0.1, -0.05) is 0 Å².